The molecule has 1 unspecified atom stereocenters. The third kappa shape index (κ3) is 1.66. The van der Waals surface area contributed by atoms with Gasteiger partial charge >= 0.3 is 0 Å². The molecule has 1 aromatic rings. The van der Waals surface area contributed by atoms with E-state index in [1.54, 1.807) is 0 Å². The highest BCUT2D eigenvalue weighted by Gasteiger charge is 2.32. The first kappa shape index (κ1) is 10.6. The van der Waals surface area contributed by atoms with Crippen molar-refractivity contribution in [3.8, 4) is 5.75 Å². The molecule has 3 heteroatoms. The van der Waals surface area contributed by atoms with E-state index in [9.17, 15) is 0 Å². The van der Waals surface area contributed by atoms with Crippen LogP contribution >= 0.6 is 15.9 Å². The fourth-order valence-corrected chi connectivity index (χ4v) is 2.74. The van der Waals surface area contributed by atoms with Crippen LogP contribution in [0.1, 0.15) is 35.6 Å². The van der Waals surface area contributed by atoms with Crippen LogP contribution in [0.3, 0.4) is 0 Å². The van der Waals surface area contributed by atoms with Crippen molar-refractivity contribution in [2.45, 2.75) is 38.8 Å². The van der Waals surface area contributed by atoms with Gasteiger partial charge < -0.3 is 10.1 Å². The van der Waals surface area contributed by atoms with Crippen molar-refractivity contribution in [3.05, 3.63) is 27.2 Å². The first-order valence-electron chi connectivity index (χ1n) is 5.85. The number of hydrogen-bond donors (Lipinski definition) is 1. The Morgan fingerprint density at radius 3 is 2.81 bits per heavy atom. The van der Waals surface area contributed by atoms with Crippen molar-refractivity contribution in [3.63, 3.8) is 0 Å². The average molecular weight is 282 g/mol. The Hall–Kier alpha value is -0.540. The van der Waals surface area contributed by atoms with E-state index in [4.69, 9.17) is 4.74 Å². The van der Waals surface area contributed by atoms with Crippen LogP contribution in [0.15, 0.2) is 10.5 Å². The molecule has 1 heterocycles. The molecule has 1 N–H and O–H groups in total. The number of aryl methyl sites for hydroxylation is 1. The molecule has 1 atom stereocenters. The molecule has 1 aliphatic heterocycles. The lowest BCUT2D eigenvalue weighted by Crippen LogP contribution is -2.24. The minimum atomic E-state index is 0.388. The van der Waals surface area contributed by atoms with E-state index in [-0.39, 0.29) is 0 Å². The fraction of sp³-hybridized carbons (Fsp3) is 0.538. The zero-order chi connectivity index (χ0) is 11.3. The second kappa shape index (κ2) is 3.74. The lowest BCUT2D eigenvalue weighted by atomic mass is 10.00. The van der Waals surface area contributed by atoms with Crippen molar-refractivity contribution in [1.29, 1.82) is 0 Å². The van der Waals surface area contributed by atoms with Gasteiger partial charge in [0.25, 0.3) is 0 Å². The highest BCUT2D eigenvalue weighted by atomic mass is 79.9. The van der Waals surface area contributed by atoms with E-state index in [2.05, 4.69) is 41.2 Å². The minimum Gasteiger partial charge on any atom is -0.491 e. The summed E-state index contributed by atoms with van der Waals surface area (Å²) in [4.78, 5) is 0. The van der Waals surface area contributed by atoms with Crippen LogP contribution in [-0.2, 0) is 0 Å². The normalized spacial score (nSPS) is 23.1. The molecule has 0 spiro atoms. The maximum atomic E-state index is 5.77. The van der Waals surface area contributed by atoms with E-state index in [1.165, 1.54) is 34.0 Å². The van der Waals surface area contributed by atoms with Gasteiger partial charge in [0.2, 0.25) is 0 Å². The van der Waals surface area contributed by atoms with E-state index in [1.807, 2.05) is 0 Å². The third-order valence-corrected chi connectivity index (χ3v) is 4.68. The standard InChI is InChI=1S/C13H16BrNO/c1-7-5-11-12(8(2)13(7)14)10(6-16-11)15-9-3-4-9/h5,9-10,15H,3-4,6H2,1-2H3. The van der Waals surface area contributed by atoms with E-state index >= 15 is 0 Å². The van der Waals surface area contributed by atoms with Crippen LogP contribution in [0.25, 0.3) is 0 Å². The predicted octanol–water partition coefficient (Wildman–Crippen LogP) is 3.25. The first-order valence-corrected chi connectivity index (χ1v) is 6.64. The zero-order valence-electron chi connectivity index (χ0n) is 9.64. The lowest BCUT2D eigenvalue weighted by Gasteiger charge is -2.14. The monoisotopic (exact) mass is 281 g/mol. The Labute approximate surface area is 105 Å². The number of rotatable bonds is 2. The third-order valence-electron chi connectivity index (χ3n) is 3.46. The van der Waals surface area contributed by atoms with Gasteiger partial charge in [-0.25, -0.2) is 0 Å². The van der Waals surface area contributed by atoms with Crippen molar-refractivity contribution in [2.75, 3.05) is 6.61 Å². The van der Waals surface area contributed by atoms with Crippen LogP contribution in [-0.4, -0.2) is 12.6 Å². The molecule has 2 nitrogen and oxygen atoms in total. The summed E-state index contributed by atoms with van der Waals surface area (Å²) < 4.78 is 6.99. The SMILES string of the molecule is Cc1cc2c(c(C)c1Br)C(NC1CC1)CO2. The van der Waals surface area contributed by atoms with Gasteiger partial charge in [0.1, 0.15) is 12.4 Å². The molecule has 0 aromatic heterocycles. The molecule has 1 fully saturated rings. The molecule has 16 heavy (non-hydrogen) atoms. The van der Waals surface area contributed by atoms with Gasteiger partial charge in [-0.3, -0.25) is 0 Å². The van der Waals surface area contributed by atoms with Crippen molar-refractivity contribution in [1.82, 2.24) is 5.32 Å². The number of halogens is 1. The van der Waals surface area contributed by atoms with Gasteiger partial charge in [-0.15, -0.1) is 0 Å². The quantitative estimate of drug-likeness (QED) is 0.899. The van der Waals surface area contributed by atoms with Crippen LogP contribution in [0.5, 0.6) is 5.75 Å². The highest BCUT2D eigenvalue weighted by Crippen LogP contribution is 2.41. The fourth-order valence-electron chi connectivity index (χ4n) is 2.41. The van der Waals surface area contributed by atoms with Gasteiger partial charge in [-0.1, -0.05) is 15.9 Å². The molecule has 1 aliphatic carbocycles. The topological polar surface area (TPSA) is 21.3 Å². The summed E-state index contributed by atoms with van der Waals surface area (Å²) in [5, 5.41) is 3.65. The van der Waals surface area contributed by atoms with Gasteiger partial charge in [0.05, 0.1) is 6.04 Å². The molecule has 1 aromatic carbocycles. The zero-order valence-corrected chi connectivity index (χ0v) is 11.2. The summed E-state index contributed by atoms with van der Waals surface area (Å²) in [6.45, 7) is 5.07. The number of ether oxygens (including phenoxy) is 1. The second-order valence-electron chi connectivity index (χ2n) is 4.85. The average Bonchev–Trinajstić information content (AvgIpc) is 2.97. The van der Waals surface area contributed by atoms with Crippen LogP contribution < -0.4 is 10.1 Å². The van der Waals surface area contributed by atoms with Crippen molar-refractivity contribution in [2.24, 2.45) is 0 Å². The summed E-state index contributed by atoms with van der Waals surface area (Å²) in [5.74, 6) is 1.07. The van der Waals surface area contributed by atoms with Gasteiger partial charge in [0.15, 0.2) is 0 Å². The van der Waals surface area contributed by atoms with E-state index < -0.39 is 0 Å². The Kier molecular flexibility index (Phi) is 2.48. The molecule has 3 rings (SSSR count). The molecule has 2 aliphatic rings. The maximum absolute atomic E-state index is 5.77. The minimum absolute atomic E-state index is 0.388. The van der Waals surface area contributed by atoms with Crippen molar-refractivity contribution < 1.29 is 4.74 Å². The molecule has 0 saturated heterocycles. The number of hydrogen-bond acceptors (Lipinski definition) is 2. The molecule has 1 saturated carbocycles. The molecule has 0 amide bonds. The Morgan fingerprint density at radius 1 is 1.38 bits per heavy atom. The largest absolute Gasteiger partial charge is 0.491 e. The summed E-state index contributed by atoms with van der Waals surface area (Å²) >= 11 is 3.66. The molecule has 0 bridgehead atoms. The number of fused-ring (bicyclic) bond motifs is 1. The number of nitrogens with one attached hydrogen (secondary N) is 1. The van der Waals surface area contributed by atoms with E-state index in [0.717, 1.165) is 18.4 Å². The Morgan fingerprint density at radius 2 is 2.12 bits per heavy atom. The molecular formula is C13H16BrNO. The van der Waals surface area contributed by atoms with Gasteiger partial charge in [-0.05, 0) is 43.9 Å². The molecule has 86 valence electrons. The predicted molar refractivity (Wildman–Crippen MR) is 68.0 cm³/mol. The molecule has 0 radical (unpaired) electrons. The van der Waals surface area contributed by atoms with Crippen LogP contribution in [0.2, 0.25) is 0 Å². The second-order valence-corrected chi connectivity index (χ2v) is 5.64. The Balaban J connectivity index is 1.99. The van der Waals surface area contributed by atoms with Crippen LogP contribution in [0, 0.1) is 13.8 Å². The lowest BCUT2D eigenvalue weighted by molar-refractivity contribution is 0.310. The summed E-state index contributed by atoms with van der Waals surface area (Å²) in [7, 11) is 0. The van der Waals surface area contributed by atoms with Gasteiger partial charge in [0, 0.05) is 16.1 Å². The Bertz CT molecular complexity index is 440. The van der Waals surface area contributed by atoms with Crippen LogP contribution in [0.4, 0.5) is 0 Å². The summed E-state index contributed by atoms with van der Waals surface area (Å²) in [6, 6.07) is 3.25. The smallest absolute Gasteiger partial charge is 0.124 e. The van der Waals surface area contributed by atoms with Gasteiger partial charge in [-0.2, -0.15) is 0 Å². The highest BCUT2D eigenvalue weighted by molar-refractivity contribution is 9.10. The van der Waals surface area contributed by atoms with Crippen molar-refractivity contribution >= 4 is 15.9 Å². The maximum Gasteiger partial charge on any atom is 0.124 e. The summed E-state index contributed by atoms with van der Waals surface area (Å²) in [5.41, 5.74) is 3.93. The number of benzene rings is 1. The summed E-state index contributed by atoms with van der Waals surface area (Å²) in [6.07, 6.45) is 2.63. The van der Waals surface area contributed by atoms with E-state index in [0.29, 0.717) is 6.04 Å². The first-order chi connectivity index (χ1) is 7.66. The molecular weight excluding hydrogens is 266 g/mol.